The van der Waals surface area contributed by atoms with Crippen LogP contribution in [-0.4, -0.2) is 18.5 Å². The van der Waals surface area contributed by atoms with Crippen LogP contribution < -0.4 is 11.1 Å². The Morgan fingerprint density at radius 3 is 2.61 bits per heavy atom. The predicted molar refractivity (Wildman–Crippen MR) is 91.0 cm³/mol. The normalized spacial score (nSPS) is 10.2. The lowest BCUT2D eigenvalue weighted by Crippen LogP contribution is -2.21. The van der Waals surface area contributed by atoms with Crippen molar-refractivity contribution in [3.63, 3.8) is 0 Å². The number of hydrogen-bond acceptors (Lipinski definition) is 4. The number of ether oxygens (including phenoxy) is 1. The van der Waals surface area contributed by atoms with E-state index in [0.717, 1.165) is 5.56 Å². The molecule has 0 atom stereocenters. The Labute approximate surface area is 143 Å². The highest BCUT2D eigenvalue weighted by Crippen LogP contribution is 2.28. The zero-order valence-electron chi connectivity index (χ0n) is 12.2. The van der Waals surface area contributed by atoms with Gasteiger partial charge in [-0.2, -0.15) is 0 Å². The molecule has 0 unspecified atom stereocenters. The number of amides is 1. The van der Waals surface area contributed by atoms with Crippen molar-refractivity contribution >= 4 is 46.5 Å². The Morgan fingerprint density at radius 2 is 1.91 bits per heavy atom. The second kappa shape index (κ2) is 7.35. The molecule has 7 heteroatoms. The van der Waals surface area contributed by atoms with E-state index in [0.29, 0.717) is 5.69 Å². The van der Waals surface area contributed by atoms with Gasteiger partial charge in [-0.1, -0.05) is 41.4 Å². The molecular weight excluding hydrogens is 339 g/mol. The van der Waals surface area contributed by atoms with Crippen molar-refractivity contribution in [2.45, 2.75) is 6.92 Å². The van der Waals surface area contributed by atoms with Gasteiger partial charge in [0.1, 0.15) is 0 Å². The standard InChI is InChI=1S/C16H14Cl2N2O3/c1-9-4-2-3-5-13(9)20-14(21)8-23-16(22)11-6-10(17)7-12(18)15(11)19/h2-7H,8,19H2,1H3,(H,20,21). The summed E-state index contributed by atoms with van der Waals surface area (Å²) >= 11 is 11.7. The third-order valence-corrected chi connectivity index (χ3v) is 3.60. The van der Waals surface area contributed by atoms with Gasteiger partial charge in [-0.25, -0.2) is 4.79 Å². The number of halogens is 2. The van der Waals surface area contributed by atoms with E-state index in [4.69, 9.17) is 33.7 Å². The first-order chi connectivity index (χ1) is 10.9. The zero-order valence-corrected chi connectivity index (χ0v) is 13.7. The van der Waals surface area contributed by atoms with Crippen LogP contribution >= 0.6 is 23.2 Å². The summed E-state index contributed by atoms with van der Waals surface area (Å²) in [5.74, 6) is -1.23. The molecule has 0 aliphatic carbocycles. The van der Waals surface area contributed by atoms with E-state index in [1.165, 1.54) is 12.1 Å². The minimum absolute atomic E-state index is 0.0196. The summed E-state index contributed by atoms with van der Waals surface area (Å²) in [5.41, 5.74) is 7.34. The van der Waals surface area contributed by atoms with E-state index >= 15 is 0 Å². The van der Waals surface area contributed by atoms with Gasteiger partial charge in [0, 0.05) is 10.7 Å². The van der Waals surface area contributed by atoms with Crippen LogP contribution in [0.2, 0.25) is 10.0 Å². The molecule has 1 amide bonds. The number of hydrogen-bond donors (Lipinski definition) is 2. The van der Waals surface area contributed by atoms with Gasteiger partial charge in [-0.15, -0.1) is 0 Å². The van der Waals surface area contributed by atoms with Crippen molar-refractivity contribution in [2.24, 2.45) is 0 Å². The SMILES string of the molecule is Cc1ccccc1NC(=O)COC(=O)c1cc(Cl)cc(Cl)c1N. The van der Waals surface area contributed by atoms with Crippen LogP contribution in [0.4, 0.5) is 11.4 Å². The van der Waals surface area contributed by atoms with Crippen LogP contribution in [0.3, 0.4) is 0 Å². The van der Waals surface area contributed by atoms with Gasteiger partial charge in [0.05, 0.1) is 16.3 Å². The van der Waals surface area contributed by atoms with E-state index in [-0.39, 0.29) is 21.3 Å². The lowest BCUT2D eigenvalue weighted by Gasteiger charge is -2.10. The number of rotatable bonds is 4. The number of carbonyl (C=O) groups excluding carboxylic acids is 2. The molecule has 2 aromatic rings. The van der Waals surface area contributed by atoms with Crippen molar-refractivity contribution in [2.75, 3.05) is 17.7 Å². The Bertz CT molecular complexity index is 763. The summed E-state index contributed by atoms with van der Waals surface area (Å²) in [5, 5.41) is 3.05. The van der Waals surface area contributed by atoms with E-state index in [1.54, 1.807) is 12.1 Å². The Morgan fingerprint density at radius 1 is 1.22 bits per heavy atom. The van der Waals surface area contributed by atoms with Crippen LogP contribution in [-0.2, 0) is 9.53 Å². The second-order valence-electron chi connectivity index (χ2n) is 4.79. The third-order valence-electron chi connectivity index (χ3n) is 3.07. The first-order valence-electron chi connectivity index (χ1n) is 6.65. The number of nitrogens with two attached hydrogens (primary N) is 1. The number of benzene rings is 2. The molecule has 0 spiro atoms. The lowest BCUT2D eigenvalue weighted by atomic mass is 10.2. The highest BCUT2D eigenvalue weighted by Gasteiger charge is 2.16. The van der Waals surface area contributed by atoms with E-state index in [2.05, 4.69) is 5.32 Å². The summed E-state index contributed by atoms with van der Waals surface area (Å²) < 4.78 is 4.94. The van der Waals surface area contributed by atoms with Gasteiger partial charge in [0.15, 0.2) is 6.61 Å². The number of carbonyl (C=O) groups is 2. The number of esters is 1. The van der Waals surface area contributed by atoms with Crippen molar-refractivity contribution in [3.05, 3.63) is 57.6 Å². The number of nitrogens with one attached hydrogen (secondary N) is 1. The van der Waals surface area contributed by atoms with Gasteiger partial charge < -0.3 is 15.8 Å². The van der Waals surface area contributed by atoms with Crippen LogP contribution in [0.1, 0.15) is 15.9 Å². The number of aryl methyl sites for hydroxylation is 1. The van der Waals surface area contributed by atoms with E-state index in [9.17, 15) is 9.59 Å². The number of anilines is 2. The molecule has 0 saturated heterocycles. The first-order valence-corrected chi connectivity index (χ1v) is 7.41. The van der Waals surface area contributed by atoms with Crippen LogP contribution in [0.25, 0.3) is 0 Å². The molecule has 0 saturated carbocycles. The Kier molecular flexibility index (Phi) is 5.47. The topological polar surface area (TPSA) is 81.4 Å². The van der Waals surface area contributed by atoms with Crippen molar-refractivity contribution < 1.29 is 14.3 Å². The molecule has 0 heterocycles. The summed E-state index contributed by atoms with van der Waals surface area (Å²) in [6.07, 6.45) is 0. The highest BCUT2D eigenvalue weighted by atomic mass is 35.5. The molecule has 2 aromatic carbocycles. The molecule has 23 heavy (non-hydrogen) atoms. The smallest absolute Gasteiger partial charge is 0.340 e. The molecule has 120 valence electrons. The zero-order chi connectivity index (χ0) is 17.0. The average molecular weight is 353 g/mol. The average Bonchev–Trinajstić information content (AvgIpc) is 2.50. The first kappa shape index (κ1) is 17.1. The molecule has 0 aliphatic rings. The van der Waals surface area contributed by atoms with E-state index < -0.39 is 18.5 Å². The molecule has 0 fully saturated rings. The molecular formula is C16H14Cl2N2O3. The maximum atomic E-state index is 12.0. The van der Waals surface area contributed by atoms with Gasteiger partial charge in [-0.3, -0.25) is 4.79 Å². The van der Waals surface area contributed by atoms with Crippen LogP contribution in [0, 0.1) is 6.92 Å². The summed E-state index contributed by atoms with van der Waals surface area (Å²) in [6.45, 7) is 1.41. The van der Waals surface area contributed by atoms with E-state index in [1.807, 2.05) is 19.1 Å². The van der Waals surface area contributed by atoms with Gasteiger partial charge >= 0.3 is 5.97 Å². The van der Waals surface area contributed by atoms with Crippen molar-refractivity contribution in [1.29, 1.82) is 0 Å². The molecule has 3 N–H and O–H groups in total. The summed E-state index contributed by atoms with van der Waals surface area (Å²) in [7, 11) is 0. The lowest BCUT2D eigenvalue weighted by molar-refractivity contribution is -0.119. The Hall–Kier alpha value is -2.24. The summed E-state index contributed by atoms with van der Waals surface area (Å²) in [4.78, 5) is 23.8. The highest BCUT2D eigenvalue weighted by molar-refractivity contribution is 6.37. The molecule has 0 aromatic heterocycles. The molecule has 5 nitrogen and oxygen atoms in total. The molecule has 2 rings (SSSR count). The van der Waals surface area contributed by atoms with Gasteiger partial charge in [0.25, 0.3) is 5.91 Å². The minimum Gasteiger partial charge on any atom is -0.452 e. The molecule has 0 bridgehead atoms. The number of nitrogen functional groups attached to an aromatic ring is 1. The maximum absolute atomic E-state index is 12.0. The third kappa shape index (κ3) is 4.37. The quantitative estimate of drug-likeness (QED) is 0.649. The number of para-hydroxylation sites is 1. The molecule has 0 radical (unpaired) electrons. The predicted octanol–water partition coefficient (Wildman–Crippen LogP) is 3.68. The van der Waals surface area contributed by atoms with Gasteiger partial charge in [0.2, 0.25) is 0 Å². The van der Waals surface area contributed by atoms with Crippen molar-refractivity contribution in [3.8, 4) is 0 Å². The minimum atomic E-state index is -0.771. The fourth-order valence-electron chi connectivity index (χ4n) is 1.86. The van der Waals surface area contributed by atoms with Crippen LogP contribution in [0.5, 0.6) is 0 Å². The Balaban J connectivity index is 2.00. The fraction of sp³-hybridized carbons (Fsp3) is 0.125. The van der Waals surface area contributed by atoms with Gasteiger partial charge in [-0.05, 0) is 30.7 Å². The monoisotopic (exact) mass is 352 g/mol. The summed E-state index contributed by atoms with van der Waals surface area (Å²) in [6, 6.07) is 10.0. The largest absolute Gasteiger partial charge is 0.452 e. The van der Waals surface area contributed by atoms with Crippen LogP contribution in [0.15, 0.2) is 36.4 Å². The molecule has 0 aliphatic heterocycles. The van der Waals surface area contributed by atoms with Crippen molar-refractivity contribution in [1.82, 2.24) is 0 Å². The second-order valence-corrected chi connectivity index (χ2v) is 5.63. The fourth-order valence-corrected chi connectivity index (χ4v) is 2.36. The maximum Gasteiger partial charge on any atom is 0.340 e.